The minimum atomic E-state index is -0.284. The predicted molar refractivity (Wildman–Crippen MR) is 226 cm³/mol. The van der Waals surface area contributed by atoms with Crippen LogP contribution in [0.25, 0.3) is 0 Å². The van der Waals surface area contributed by atoms with Crippen molar-refractivity contribution in [3.63, 3.8) is 0 Å². The van der Waals surface area contributed by atoms with Gasteiger partial charge < -0.3 is 44.7 Å². The highest BCUT2D eigenvalue weighted by Crippen LogP contribution is 2.39. The van der Waals surface area contributed by atoms with E-state index in [-0.39, 0.29) is 35.7 Å². The molecule has 1 spiro atoms. The Morgan fingerprint density at radius 2 is 1.81 bits per heavy atom. The summed E-state index contributed by atoms with van der Waals surface area (Å²) in [5.41, 5.74) is 4.07. The van der Waals surface area contributed by atoms with Gasteiger partial charge in [0.25, 0.3) is 11.8 Å². The number of phenols is 1. The second kappa shape index (κ2) is 21.3. The molecule has 316 valence electrons. The maximum Gasteiger partial charge on any atom is 0.273 e. The van der Waals surface area contributed by atoms with Crippen LogP contribution in [0.4, 0.5) is 5.69 Å². The third kappa shape index (κ3) is 12.0. The number of amides is 3. The van der Waals surface area contributed by atoms with Gasteiger partial charge in [-0.3, -0.25) is 14.4 Å². The van der Waals surface area contributed by atoms with E-state index in [2.05, 4.69) is 65.6 Å². The average Bonchev–Trinajstić information content (AvgIpc) is 3.74. The van der Waals surface area contributed by atoms with Crippen LogP contribution in [0.5, 0.6) is 11.5 Å². The highest BCUT2D eigenvalue weighted by atomic mass is 32.1. The van der Waals surface area contributed by atoms with E-state index in [1.807, 2.05) is 21.2 Å². The number of carbonyl (C=O) groups is 3. The van der Waals surface area contributed by atoms with Crippen molar-refractivity contribution in [1.82, 2.24) is 25.0 Å². The first kappa shape index (κ1) is 43.5. The molecule has 4 heterocycles. The second-order valence-corrected chi connectivity index (χ2v) is 16.9. The molecule has 58 heavy (non-hydrogen) atoms. The number of benzene rings is 2. The van der Waals surface area contributed by atoms with Gasteiger partial charge >= 0.3 is 0 Å². The zero-order valence-electron chi connectivity index (χ0n) is 34.6. The van der Waals surface area contributed by atoms with Crippen LogP contribution in [0.1, 0.15) is 91.0 Å². The number of hydrogen-bond donors (Lipinski definition) is 3. The van der Waals surface area contributed by atoms with E-state index >= 15 is 0 Å². The monoisotopic (exact) mass is 818 g/mol. The van der Waals surface area contributed by atoms with Gasteiger partial charge in [-0.05, 0) is 67.8 Å². The van der Waals surface area contributed by atoms with E-state index in [9.17, 15) is 19.5 Å². The van der Waals surface area contributed by atoms with Crippen molar-refractivity contribution in [1.29, 1.82) is 0 Å². The van der Waals surface area contributed by atoms with Crippen molar-refractivity contribution in [3.05, 3.63) is 69.2 Å². The Hall–Kier alpha value is -4.08. The predicted octanol–water partition coefficient (Wildman–Crippen LogP) is 5.26. The molecule has 6 rings (SSSR count). The number of hydrogen-bond acceptors (Lipinski definition) is 11. The fraction of sp³-hybridized carbons (Fsp3) is 0.591. The van der Waals surface area contributed by atoms with Crippen molar-refractivity contribution >= 4 is 34.7 Å². The molecular weight excluding hydrogens is 757 g/mol. The van der Waals surface area contributed by atoms with Crippen LogP contribution in [0, 0.1) is 0 Å². The van der Waals surface area contributed by atoms with Gasteiger partial charge in [-0.1, -0.05) is 57.5 Å². The molecule has 2 saturated heterocycles. The van der Waals surface area contributed by atoms with Crippen LogP contribution >= 0.6 is 11.3 Å². The summed E-state index contributed by atoms with van der Waals surface area (Å²) in [7, 11) is 0. The Morgan fingerprint density at radius 3 is 2.55 bits per heavy atom. The molecule has 0 atom stereocenters. The van der Waals surface area contributed by atoms with Crippen LogP contribution in [0.2, 0.25) is 0 Å². The molecule has 3 N–H and O–H groups in total. The Labute approximate surface area is 347 Å². The zero-order chi connectivity index (χ0) is 40.9. The number of nitrogens with zero attached hydrogens (tertiary/aromatic N) is 4. The molecule has 0 bridgehead atoms. The quantitative estimate of drug-likeness (QED) is 0.102. The summed E-state index contributed by atoms with van der Waals surface area (Å²) >= 11 is 1.57. The normalized spacial score (nSPS) is 16.6. The van der Waals surface area contributed by atoms with Gasteiger partial charge in [0.1, 0.15) is 17.1 Å². The number of unbranched alkanes of at least 4 members (excludes halogenated alkanes) is 1. The number of rotatable bonds is 20. The fourth-order valence-electron chi connectivity index (χ4n) is 7.77. The SMILES string of the molecule is CCCCN(CCNCCc1ccc(O)c2c1OCC(=O)N2)C(=O)CCOCCc1ccc(CCN2CCC3(CC2)CN(C(=O)c2csc(C(C)C)n2)CCO3)cc1. The minimum Gasteiger partial charge on any atom is -0.506 e. The number of nitrogens with one attached hydrogen (secondary N) is 2. The average molecular weight is 819 g/mol. The lowest BCUT2D eigenvalue weighted by atomic mass is 9.89. The molecular formula is C44H62N6O7S. The number of morpholine rings is 1. The van der Waals surface area contributed by atoms with E-state index in [0.717, 1.165) is 75.3 Å². The number of phenolic OH excluding ortho intramolecular Hbond substituents is 1. The van der Waals surface area contributed by atoms with Crippen molar-refractivity contribution in [2.75, 3.05) is 90.6 Å². The summed E-state index contributed by atoms with van der Waals surface area (Å²) in [5, 5.41) is 19.1. The first-order chi connectivity index (χ1) is 28.1. The second-order valence-electron chi connectivity index (χ2n) is 16.0. The first-order valence-electron chi connectivity index (χ1n) is 21.2. The Kier molecular flexibility index (Phi) is 15.9. The number of carbonyl (C=O) groups excluding carboxylic acids is 3. The van der Waals surface area contributed by atoms with Gasteiger partial charge in [0.2, 0.25) is 5.91 Å². The van der Waals surface area contributed by atoms with Gasteiger partial charge in [-0.15, -0.1) is 11.3 Å². The number of thiazole rings is 1. The molecule has 0 unspecified atom stereocenters. The number of fused-ring (bicyclic) bond motifs is 1. The van der Waals surface area contributed by atoms with Crippen molar-refractivity contribution < 1.29 is 33.7 Å². The summed E-state index contributed by atoms with van der Waals surface area (Å²) < 4.78 is 17.8. The van der Waals surface area contributed by atoms with E-state index in [1.54, 1.807) is 17.4 Å². The lowest BCUT2D eigenvalue weighted by molar-refractivity contribution is -0.132. The molecule has 0 aliphatic carbocycles. The van der Waals surface area contributed by atoms with Crippen molar-refractivity contribution in [2.24, 2.45) is 0 Å². The van der Waals surface area contributed by atoms with E-state index in [0.29, 0.717) is 88.4 Å². The van der Waals surface area contributed by atoms with E-state index in [1.165, 1.54) is 11.1 Å². The third-order valence-corrected chi connectivity index (χ3v) is 12.5. The first-order valence-corrected chi connectivity index (χ1v) is 22.0. The van der Waals surface area contributed by atoms with E-state index < -0.39 is 0 Å². The molecule has 2 aromatic carbocycles. The Bertz CT molecular complexity index is 1810. The number of anilines is 1. The lowest BCUT2D eigenvalue weighted by Gasteiger charge is -2.47. The van der Waals surface area contributed by atoms with Gasteiger partial charge in [-0.2, -0.15) is 0 Å². The Morgan fingerprint density at radius 1 is 1.03 bits per heavy atom. The van der Waals surface area contributed by atoms with Gasteiger partial charge in [0.05, 0.1) is 43.4 Å². The minimum absolute atomic E-state index is 0.00877. The number of aromatic hydroxyl groups is 1. The highest BCUT2D eigenvalue weighted by molar-refractivity contribution is 7.09. The van der Waals surface area contributed by atoms with Gasteiger partial charge in [0.15, 0.2) is 12.4 Å². The van der Waals surface area contributed by atoms with Crippen LogP contribution in [-0.4, -0.2) is 133 Å². The molecule has 13 nitrogen and oxygen atoms in total. The molecule has 3 amide bonds. The van der Waals surface area contributed by atoms with Crippen LogP contribution in [-0.2, 0) is 38.3 Å². The van der Waals surface area contributed by atoms with Crippen LogP contribution in [0.3, 0.4) is 0 Å². The standard InChI is InChI=1S/C44H62N6O7S/c1-4-5-20-49(24-19-45-18-12-35-10-11-37(51)40-41(35)56-29-38(52)47-40)39(53)15-27-55-26-14-34-8-6-33(7-9-34)13-21-48-22-16-44(17-23-48)31-50(25-28-57-44)43(54)36-30-58-42(46-36)32(2)3/h6-11,30,32,45,51H,4-5,12-29,31H2,1-3H3,(H,47,52). The summed E-state index contributed by atoms with van der Waals surface area (Å²) in [6, 6.07) is 12.2. The van der Waals surface area contributed by atoms with Crippen LogP contribution < -0.4 is 15.4 Å². The number of aromatic nitrogens is 1. The largest absolute Gasteiger partial charge is 0.506 e. The summed E-state index contributed by atoms with van der Waals surface area (Å²) in [6.07, 6.45) is 6.62. The molecule has 14 heteroatoms. The zero-order valence-corrected chi connectivity index (χ0v) is 35.4. The molecule has 3 aliphatic rings. The molecule has 3 aliphatic heterocycles. The number of likely N-dealkylation sites (tertiary alicyclic amines) is 1. The number of piperidine rings is 1. The Balaban J connectivity index is 0.837. The summed E-state index contributed by atoms with van der Waals surface area (Å²) in [5.74, 6) is 0.681. The molecule has 3 aromatic rings. The highest BCUT2D eigenvalue weighted by Gasteiger charge is 2.41. The molecule has 0 radical (unpaired) electrons. The van der Waals surface area contributed by atoms with Gasteiger partial charge in [0, 0.05) is 57.1 Å². The van der Waals surface area contributed by atoms with E-state index in [4.69, 9.17) is 14.2 Å². The van der Waals surface area contributed by atoms with Crippen LogP contribution in [0.15, 0.2) is 41.8 Å². The van der Waals surface area contributed by atoms with Crippen molar-refractivity contribution in [2.45, 2.75) is 83.7 Å². The maximum absolute atomic E-state index is 13.3. The van der Waals surface area contributed by atoms with Crippen molar-refractivity contribution in [3.8, 4) is 11.5 Å². The third-order valence-electron chi connectivity index (χ3n) is 11.4. The topological polar surface area (TPSA) is 146 Å². The molecule has 0 saturated carbocycles. The fourth-order valence-corrected chi connectivity index (χ4v) is 8.58. The maximum atomic E-state index is 13.3. The smallest absolute Gasteiger partial charge is 0.273 e. The summed E-state index contributed by atoms with van der Waals surface area (Å²) in [4.78, 5) is 49.0. The molecule has 1 aromatic heterocycles. The molecule has 2 fully saturated rings. The summed E-state index contributed by atoms with van der Waals surface area (Å²) in [6.45, 7) is 14.7. The lowest BCUT2D eigenvalue weighted by Crippen LogP contribution is -2.58. The van der Waals surface area contributed by atoms with Gasteiger partial charge in [-0.25, -0.2) is 4.98 Å². The number of ether oxygens (including phenoxy) is 3.